The van der Waals surface area contributed by atoms with Crippen LogP contribution in [0.3, 0.4) is 0 Å². The number of primary amides is 1. The van der Waals surface area contributed by atoms with Crippen LogP contribution in [-0.2, 0) is 0 Å². The maximum absolute atomic E-state index is 12.6. The minimum absolute atomic E-state index is 0.0610. The second-order valence-electron chi connectivity index (χ2n) is 6.96. The largest absolute Gasteiger partial charge is 0.366 e. The molecule has 3 rings (SSSR count). The van der Waals surface area contributed by atoms with E-state index in [9.17, 15) is 19.7 Å². The average Bonchev–Trinajstić information content (AvgIpc) is 3.22. The van der Waals surface area contributed by atoms with Crippen LogP contribution in [0, 0.1) is 10.1 Å². The van der Waals surface area contributed by atoms with E-state index in [-0.39, 0.29) is 17.3 Å². The summed E-state index contributed by atoms with van der Waals surface area (Å²) < 4.78 is 0. The number of amides is 3. The van der Waals surface area contributed by atoms with Gasteiger partial charge in [0, 0.05) is 30.4 Å². The van der Waals surface area contributed by atoms with Gasteiger partial charge in [0.25, 0.3) is 11.6 Å². The fraction of sp³-hybridized carbons (Fsp3) is 0.300. The van der Waals surface area contributed by atoms with Crippen LogP contribution in [0.1, 0.15) is 41.7 Å². The molecule has 152 valence electrons. The molecule has 3 amide bonds. The van der Waals surface area contributed by atoms with Crippen molar-refractivity contribution in [3.8, 4) is 0 Å². The van der Waals surface area contributed by atoms with Gasteiger partial charge in [-0.3, -0.25) is 14.9 Å². The summed E-state index contributed by atoms with van der Waals surface area (Å²) in [6.07, 6.45) is 2.01. The molecular formula is C20H23N5O4. The molecule has 1 aliphatic heterocycles. The molecule has 0 radical (unpaired) electrons. The predicted octanol–water partition coefficient (Wildman–Crippen LogP) is 3.18. The smallest absolute Gasteiger partial charge is 0.316 e. The van der Waals surface area contributed by atoms with Crippen LogP contribution in [0.25, 0.3) is 0 Å². The number of nitrogens with zero attached hydrogens (tertiary/aromatic N) is 2. The molecule has 0 aliphatic carbocycles. The van der Waals surface area contributed by atoms with Crippen molar-refractivity contribution in [2.75, 3.05) is 23.3 Å². The first kappa shape index (κ1) is 20.1. The Hall–Kier alpha value is -3.62. The van der Waals surface area contributed by atoms with Gasteiger partial charge in [0.05, 0.1) is 11.0 Å². The van der Waals surface area contributed by atoms with E-state index in [1.807, 2.05) is 4.90 Å². The number of hydrogen-bond acceptors (Lipinski definition) is 5. The lowest BCUT2D eigenvalue weighted by Gasteiger charge is -2.18. The maximum atomic E-state index is 12.6. The van der Waals surface area contributed by atoms with Crippen molar-refractivity contribution in [1.82, 2.24) is 5.32 Å². The standard InChI is InChI=1S/C20H23N5O4/c1-13(14-4-7-16(8-5-14)23-20(21)27)22-19(26)15-6-9-17(18(12-15)25(28)29)24-10-2-3-11-24/h4-9,12-13H,2-3,10-11H2,1H3,(H,22,26)(H3,21,23,27). The van der Waals surface area contributed by atoms with Crippen molar-refractivity contribution in [1.29, 1.82) is 0 Å². The lowest BCUT2D eigenvalue weighted by molar-refractivity contribution is -0.384. The number of nitrogens with one attached hydrogen (secondary N) is 2. The van der Waals surface area contributed by atoms with E-state index in [0.29, 0.717) is 11.4 Å². The zero-order valence-electron chi connectivity index (χ0n) is 16.1. The Morgan fingerprint density at radius 2 is 1.79 bits per heavy atom. The summed E-state index contributed by atoms with van der Waals surface area (Å²) in [5, 5.41) is 16.8. The molecule has 0 saturated carbocycles. The molecule has 9 nitrogen and oxygen atoms in total. The number of carbonyl (C=O) groups excluding carboxylic acids is 2. The van der Waals surface area contributed by atoms with Crippen LogP contribution in [0.5, 0.6) is 0 Å². The summed E-state index contributed by atoms with van der Waals surface area (Å²) in [6, 6.07) is 10.5. The van der Waals surface area contributed by atoms with Crippen molar-refractivity contribution in [2.45, 2.75) is 25.8 Å². The number of benzene rings is 2. The lowest BCUT2D eigenvalue weighted by Crippen LogP contribution is -2.27. The van der Waals surface area contributed by atoms with Gasteiger partial charge in [-0.1, -0.05) is 12.1 Å². The number of hydrogen-bond donors (Lipinski definition) is 3. The van der Waals surface area contributed by atoms with Crippen molar-refractivity contribution in [3.63, 3.8) is 0 Å². The number of carbonyl (C=O) groups is 2. The van der Waals surface area contributed by atoms with Crippen LogP contribution in [0.2, 0.25) is 0 Å². The summed E-state index contributed by atoms with van der Waals surface area (Å²) in [5.74, 6) is -0.395. The molecule has 1 saturated heterocycles. The molecule has 2 aromatic carbocycles. The second kappa shape index (κ2) is 8.59. The SMILES string of the molecule is CC(NC(=O)c1ccc(N2CCCC2)c([N+](=O)[O-])c1)c1ccc(NC(N)=O)cc1. The fourth-order valence-corrected chi connectivity index (χ4v) is 3.40. The van der Waals surface area contributed by atoms with Gasteiger partial charge in [0.15, 0.2) is 0 Å². The highest BCUT2D eigenvalue weighted by Crippen LogP contribution is 2.31. The Morgan fingerprint density at radius 3 is 2.38 bits per heavy atom. The molecule has 9 heteroatoms. The minimum Gasteiger partial charge on any atom is -0.366 e. The van der Waals surface area contributed by atoms with Gasteiger partial charge in [-0.05, 0) is 49.6 Å². The van der Waals surface area contributed by atoms with Gasteiger partial charge in [-0.15, -0.1) is 0 Å². The molecule has 1 heterocycles. The Kier molecular flexibility index (Phi) is 5.96. The normalized spacial score (nSPS) is 14.3. The third kappa shape index (κ3) is 4.81. The van der Waals surface area contributed by atoms with Crippen LogP contribution >= 0.6 is 0 Å². The first-order valence-electron chi connectivity index (χ1n) is 9.36. The molecule has 4 N–H and O–H groups in total. The van der Waals surface area contributed by atoms with Crippen LogP contribution < -0.4 is 21.3 Å². The first-order valence-corrected chi connectivity index (χ1v) is 9.36. The lowest BCUT2D eigenvalue weighted by atomic mass is 10.1. The van der Waals surface area contributed by atoms with Gasteiger partial charge >= 0.3 is 6.03 Å². The highest BCUT2D eigenvalue weighted by Gasteiger charge is 2.24. The van der Waals surface area contributed by atoms with Gasteiger partial charge in [0.1, 0.15) is 5.69 Å². The summed E-state index contributed by atoms with van der Waals surface area (Å²) >= 11 is 0. The molecule has 1 unspecified atom stereocenters. The number of nitro benzene ring substituents is 1. The number of anilines is 2. The van der Waals surface area contributed by atoms with E-state index >= 15 is 0 Å². The van der Waals surface area contributed by atoms with Crippen molar-refractivity contribution >= 4 is 29.0 Å². The van der Waals surface area contributed by atoms with Crippen LogP contribution in [0.4, 0.5) is 21.9 Å². The quantitative estimate of drug-likeness (QED) is 0.509. The summed E-state index contributed by atoms with van der Waals surface area (Å²) in [7, 11) is 0. The van der Waals surface area contributed by atoms with E-state index in [4.69, 9.17) is 5.73 Å². The van der Waals surface area contributed by atoms with Crippen molar-refractivity contribution in [2.24, 2.45) is 5.73 Å². The molecule has 2 aromatic rings. The zero-order chi connectivity index (χ0) is 21.0. The summed E-state index contributed by atoms with van der Waals surface area (Å²) in [5.41, 5.74) is 7.17. The van der Waals surface area contributed by atoms with Gasteiger partial charge < -0.3 is 21.3 Å². The zero-order valence-corrected chi connectivity index (χ0v) is 16.1. The van der Waals surface area contributed by atoms with E-state index in [1.165, 1.54) is 6.07 Å². The average molecular weight is 397 g/mol. The maximum Gasteiger partial charge on any atom is 0.316 e. The third-order valence-electron chi connectivity index (χ3n) is 4.91. The minimum atomic E-state index is -0.655. The molecule has 29 heavy (non-hydrogen) atoms. The van der Waals surface area contributed by atoms with E-state index in [0.717, 1.165) is 31.5 Å². The van der Waals surface area contributed by atoms with Gasteiger partial charge in [-0.25, -0.2) is 4.79 Å². The van der Waals surface area contributed by atoms with Gasteiger partial charge in [0.2, 0.25) is 0 Å². The van der Waals surface area contributed by atoms with E-state index < -0.39 is 16.9 Å². The number of urea groups is 1. The van der Waals surface area contributed by atoms with Crippen molar-refractivity contribution < 1.29 is 14.5 Å². The van der Waals surface area contributed by atoms with Crippen LogP contribution in [-0.4, -0.2) is 30.0 Å². The Morgan fingerprint density at radius 1 is 1.14 bits per heavy atom. The van der Waals surface area contributed by atoms with E-state index in [1.54, 1.807) is 43.3 Å². The number of nitro groups is 1. The topological polar surface area (TPSA) is 131 Å². The Balaban J connectivity index is 1.73. The predicted molar refractivity (Wildman–Crippen MR) is 110 cm³/mol. The van der Waals surface area contributed by atoms with Crippen molar-refractivity contribution in [3.05, 3.63) is 63.7 Å². The Labute approximate surface area is 168 Å². The third-order valence-corrected chi connectivity index (χ3v) is 4.91. The second-order valence-corrected chi connectivity index (χ2v) is 6.96. The summed E-state index contributed by atoms with van der Waals surface area (Å²) in [6.45, 7) is 3.37. The van der Waals surface area contributed by atoms with Crippen LogP contribution in [0.15, 0.2) is 42.5 Å². The molecular weight excluding hydrogens is 374 g/mol. The molecule has 1 aliphatic rings. The molecule has 0 spiro atoms. The Bertz CT molecular complexity index is 923. The fourth-order valence-electron chi connectivity index (χ4n) is 3.40. The summed E-state index contributed by atoms with van der Waals surface area (Å²) in [4.78, 5) is 36.5. The van der Waals surface area contributed by atoms with E-state index in [2.05, 4.69) is 10.6 Å². The van der Waals surface area contributed by atoms with Gasteiger partial charge in [-0.2, -0.15) is 0 Å². The monoisotopic (exact) mass is 397 g/mol. The molecule has 1 fully saturated rings. The highest BCUT2D eigenvalue weighted by molar-refractivity contribution is 5.96. The number of rotatable bonds is 6. The highest BCUT2D eigenvalue weighted by atomic mass is 16.6. The first-order chi connectivity index (χ1) is 13.8. The molecule has 0 aromatic heterocycles. The molecule has 0 bridgehead atoms. The molecule has 1 atom stereocenters. The number of nitrogens with two attached hydrogens (primary N) is 1.